The Balaban J connectivity index is 1.75. The van der Waals surface area contributed by atoms with Crippen LogP contribution in [0.25, 0.3) is 0 Å². The summed E-state index contributed by atoms with van der Waals surface area (Å²) in [6.07, 6.45) is 2.67. The van der Waals surface area contributed by atoms with Crippen molar-refractivity contribution in [1.82, 2.24) is 10.2 Å². The zero-order valence-corrected chi connectivity index (χ0v) is 11.5. The largest absolute Gasteiger partial charge is 0.492 e. The molecular weight excluding hydrogens is 224 g/mol. The van der Waals surface area contributed by atoms with Crippen molar-refractivity contribution in [2.45, 2.75) is 32.4 Å². The standard InChI is InChI=1S/C15H24N2O/c1-3-17(2)9-10-18-15-6-4-5-13(11-15)12-16-14-7-8-14/h4-6,11,14,16H,3,7-10,12H2,1-2H3. The molecule has 0 spiro atoms. The molecule has 3 heteroatoms. The summed E-state index contributed by atoms with van der Waals surface area (Å²) in [5, 5.41) is 3.52. The van der Waals surface area contributed by atoms with Crippen molar-refractivity contribution in [2.24, 2.45) is 0 Å². The first-order chi connectivity index (χ1) is 8.78. The van der Waals surface area contributed by atoms with E-state index >= 15 is 0 Å². The van der Waals surface area contributed by atoms with Gasteiger partial charge in [-0.1, -0.05) is 19.1 Å². The first kappa shape index (κ1) is 13.4. The Hall–Kier alpha value is -1.06. The monoisotopic (exact) mass is 248 g/mol. The molecule has 2 rings (SSSR count). The Bertz CT molecular complexity index is 363. The lowest BCUT2D eigenvalue weighted by Crippen LogP contribution is -2.23. The number of nitrogens with one attached hydrogen (secondary N) is 1. The molecule has 1 aliphatic rings. The van der Waals surface area contributed by atoms with Crippen LogP contribution in [-0.4, -0.2) is 37.7 Å². The minimum atomic E-state index is 0.754. The lowest BCUT2D eigenvalue weighted by Gasteiger charge is -2.14. The number of ether oxygens (including phenoxy) is 1. The molecule has 0 radical (unpaired) electrons. The van der Waals surface area contributed by atoms with Crippen LogP contribution < -0.4 is 10.1 Å². The summed E-state index contributed by atoms with van der Waals surface area (Å²) >= 11 is 0. The van der Waals surface area contributed by atoms with Crippen molar-refractivity contribution in [3.63, 3.8) is 0 Å². The van der Waals surface area contributed by atoms with Gasteiger partial charge in [0.05, 0.1) is 0 Å². The normalized spacial score (nSPS) is 15.1. The number of hydrogen-bond acceptors (Lipinski definition) is 3. The molecule has 1 aliphatic carbocycles. The van der Waals surface area contributed by atoms with Gasteiger partial charge in [0.25, 0.3) is 0 Å². The number of benzene rings is 1. The first-order valence-corrected chi connectivity index (χ1v) is 6.91. The molecule has 3 nitrogen and oxygen atoms in total. The van der Waals surface area contributed by atoms with E-state index in [4.69, 9.17) is 4.74 Å². The fraction of sp³-hybridized carbons (Fsp3) is 0.600. The molecule has 1 aromatic rings. The Morgan fingerprint density at radius 2 is 2.22 bits per heavy atom. The highest BCUT2D eigenvalue weighted by atomic mass is 16.5. The van der Waals surface area contributed by atoms with Crippen molar-refractivity contribution in [2.75, 3.05) is 26.7 Å². The summed E-state index contributed by atoms with van der Waals surface area (Å²) < 4.78 is 5.77. The van der Waals surface area contributed by atoms with Gasteiger partial charge in [-0.25, -0.2) is 0 Å². The van der Waals surface area contributed by atoms with Crippen LogP contribution in [0.3, 0.4) is 0 Å². The van der Waals surface area contributed by atoms with Crippen molar-refractivity contribution in [1.29, 1.82) is 0 Å². The molecule has 1 fully saturated rings. The predicted molar refractivity (Wildman–Crippen MR) is 75.0 cm³/mol. The number of likely N-dealkylation sites (N-methyl/N-ethyl adjacent to an activating group) is 1. The van der Waals surface area contributed by atoms with E-state index in [2.05, 4.69) is 42.4 Å². The smallest absolute Gasteiger partial charge is 0.119 e. The van der Waals surface area contributed by atoms with Crippen LogP contribution in [0.1, 0.15) is 25.3 Å². The van der Waals surface area contributed by atoms with Crippen LogP contribution >= 0.6 is 0 Å². The second-order valence-corrected chi connectivity index (χ2v) is 5.05. The van der Waals surface area contributed by atoms with Crippen molar-refractivity contribution >= 4 is 0 Å². The quantitative estimate of drug-likeness (QED) is 0.764. The number of hydrogen-bond donors (Lipinski definition) is 1. The zero-order valence-electron chi connectivity index (χ0n) is 11.5. The van der Waals surface area contributed by atoms with Crippen LogP contribution in [-0.2, 0) is 6.54 Å². The number of rotatable bonds is 8. The van der Waals surface area contributed by atoms with Gasteiger partial charge in [0.1, 0.15) is 12.4 Å². The lowest BCUT2D eigenvalue weighted by molar-refractivity contribution is 0.243. The Morgan fingerprint density at radius 3 is 2.94 bits per heavy atom. The molecule has 0 aromatic heterocycles. The fourth-order valence-corrected chi connectivity index (χ4v) is 1.77. The van der Waals surface area contributed by atoms with Crippen molar-refractivity contribution in [3.05, 3.63) is 29.8 Å². The molecule has 100 valence electrons. The van der Waals surface area contributed by atoms with Crippen LogP contribution in [0.4, 0.5) is 0 Å². The van der Waals surface area contributed by atoms with Crippen LogP contribution in [0.2, 0.25) is 0 Å². The van der Waals surface area contributed by atoms with Gasteiger partial charge >= 0.3 is 0 Å². The third-order valence-corrected chi connectivity index (χ3v) is 3.35. The van der Waals surface area contributed by atoms with Gasteiger partial charge in [-0.15, -0.1) is 0 Å². The maximum absolute atomic E-state index is 5.77. The minimum absolute atomic E-state index is 0.754. The average Bonchev–Trinajstić information content (AvgIpc) is 3.21. The molecule has 0 aliphatic heterocycles. The van der Waals surface area contributed by atoms with Gasteiger partial charge in [0.15, 0.2) is 0 Å². The molecule has 1 aromatic carbocycles. The zero-order chi connectivity index (χ0) is 12.8. The second kappa shape index (κ2) is 6.76. The highest BCUT2D eigenvalue weighted by molar-refractivity contribution is 5.28. The lowest BCUT2D eigenvalue weighted by atomic mass is 10.2. The topological polar surface area (TPSA) is 24.5 Å². The van der Waals surface area contributed by atoms with Gasteiger partial charge < -0.3 is 15.0 Å². The third kappa shape index (κ3) is 4.67. The molecular formula is C15H24N2O. The Labute approximate surface area is 110 Å². The van der Waals surface area contributed by atoms with Gasteiger partial charge in [0, 0.05) is 19.1 Å². The summed E-state index contributed by atoms with van der Waals surface area (Å²) in [4.78, 5) is 2.25. The van der Waals surface area contributed by atoms with E-state index in [1.807, 2.05) is 6.07 Å². The molecule has 0 heterocycles. The van der Waals surface area contributed by atoms with Crippen molar-refractivity contribution in [3.8, 4) is 5.75 Å². The van der Waals surface area contributed by atoms with Gasteiger partial charge in [0.2, 0.25) is 0 Å². The first-order valence-electron chi connectivity index (χ1n) is 6.91. The maximum Gasteiger partial charge on any atom is 0.119 e. The van der Waals surface area contributed by atoms with E-state index in [9.17, 15) is 0 Å². The Morgan fingerprint density at radius 1 is 1.39 bits per heavy atom. The second-order valence-electron chi connectivity index (χ2n) is 5.05. The van der Waals surface area contributed by atoms with Crippen molar-refractivity contribution < 1.29 is 4.74 Å². The third-order valence-electron chi connectivity index (χ3n) is 3.35. The molecule has 0 bridgehead atoms. The van der Waals surface area contributed by atoms with Crippen LogP contribution in [0.5, 0.6) is 5.75 Å². The molecule has 0 atom stereocenters. The summed E-state index contributed by atoms with van der Waals surface area (Å²) in [5.41, 5.74) is 1.31. The molecule has 1 saturated carbocycles. The highest BCUT2D eigenvalue weighted by Crippen LogP contribution is 2.20. The van der Waals surface area contributed by atoms with Crippen LogP contribution in [0, 0.1) is 0 Å². The van der Waals surface area contributed by atoms with E-state index in [1.54, 1.807) is 0 Å². The summed E-state index contributed by atoms with van der Waals surface area (Å²) in [6, 6.07) is 9.16. The highest BCUT2D eigenvalue weighted by Gasteiger charge is 2.19. The van der Waals surface area contributed by atoms with Gasteiger partial charge in [-0.05, 0) is 44.1 Å². The molecule has 0 unspecified atom stereocenters. The minimum Gasteiger partial charge on any atom is -0.492 e. The van der Waals surface area contributed by atoms with Gasteiger partial charge in [-0.3, -0.25) is 0 Å². The van der Waals surface area contributed by atoms with E-state index in [1.165, 1.54) is 18.4 Å². The number of nitrogens with zero attached hydrogens (tertiary/aromatic N) is 1. The SMILES string of the molecule is CCN(C)CCOc1cccc(CNC2CC2)c1. The molecule has 18 heavy (non-hydrogen) atoms. The average molecular weight is 248 g/mol. The fourth-order valence-electron chi connectivity index (χ4n) is 1.77. The molecule has 0 amide bonds. The summed E-state index contributed by atoms with van der Waals surface area (Å²) in [7, 11) is 2.11. The molecule has 0 saturated heterocycles. The Kier molecular flexibility index (Phi) is 5.02. The van der Waals surface area contributed by atoms with E-state index < -0.39 is 0 Å². The predicted octanol–water partition coefficient (Wildman–Crippen LogP) is 2.27. The van der Waals surface area contributed by atoms with E-state index in [-0.39, 0.29) is 0 Å². The summed E-state index contributed by atoms with van der Waals surface area (Å²) in [5.74, 6) is 0.981. The van der Waals surface area contributed by atoms with E-state index in [0.29, 0.717) is 0 Å². The van der Waals surface area contributed by atoms with Crippen LogP contribution in [0.15, 0.2) is 24.3 Å². The van der Waals surface area contributed by atoms with Gasteiger partial charge in [-0.2, -0.15) is 0 Å². The van der Waals surface area contributed by atoms with E-state index in [0.717, 1.165) is 38.0 Å². The summed E-state index contributed by atoms with van der Waals surface area (Å²) in [6.45, 7) is 5.90. The maximum atomic E-state index is 5.77. The molecule has 1 N–H and O–H groups in total.